The Morgan fingerprint density at radius 1 is 0.522 bits per heavy atom. The molecule has 0 radical (unpaired) electrons. The molecule has 2 nitrogen and oxygen atoms in total. The highest BCUT2D eigenvalue weighted by molar-refractivity contribution is 6.17. The third kappa shape index (κ3) is 6.60. The first-order valence-electron chi connectivity index (χ1n) is 25.3. The average molecular weight is 889 g/mol. The SMILES string of the molecule is CC1CC=CC(c2ccc3c(c2)C(C)(c2ccccc2)c2ccccc2-3)=C1N(c1ccccc1-c1cccc2cccc(C3CCCCC3)c12)c1cccc2c1c1ccccc1n2-c1ccccc1. The van der Waals surface area contributed by atoms with Gasteiger partial charge in [0.2, 0.25) is 0 Å². The number of allylic oxidation sites excluding steroid dienone is 4. The van der Waals surface area contributed by atoms with E-state index in [0.29, 0.717) is 5.92 Å². The molecule has 0 bridgehead atoms. The van der Waals surface area contributed by atoms with E-state index >= 15 is 0 Å². The first-order chi connectivity index (χ1) is 34.1. The first kappa shape index (κ1) is 41.5. The zero-order valence-corrected chi connectivity index (χ0v) is 39.6. The van der Waals surface area contributed by atoms with Crippen LogP contribution in [0.5, 0.6) is 0 Å². The largest absolute Gasteiger partial charge is 0.312 e. The summed E-state index contributed by atoms with van der Waals surface area (Å²) in [6, 6.07) is 77.8. The third-order valence-electron chi connectivity index (χ3n) is 16.1. The molecule has 0 aliphatic heterocycles. The van der Waals surface area contributed by atoms with Gasteiger partial charge in [-0.25, -0.2) is 0 Å². The van der Waals surface area contributed by atoms with E-state index in [2.05, 4.69) is 242 Å². The van der Waals surface area contributed by atoms with Crippen molar-refractivity contribution in [1.29, 1.82) is 0 Å². The van der Waals surface area contributed by atoms with Crippen LogP contribution in [-0.2, 0) is 5.41 Å². The van der Waals surface area contributed by atoms with Gasteiger partial charge in [-0.2, -0.15) is 0 Å². The summed E-state index contributed by atoms with van der Waals surface area (Å²) in [5.41, 5.74) is 20.2. The number of fused-ring (bicyclic) bond motifs is 7. The van der Waals surface area contributed by atoms with Crippen LogP contribution in [0.1, 0.15) is 86.1 Å². The van der Waals surface area contributed by atoms with Crippen LogP contribution in [-0.4, -0.2) is 4.57 Å². The predicted octanol–water partition coefficient (Wildman–Crippen LogP) is 18.1. The fourth-order valence-corrected chi connectivity index (χ4v) is 12.9. The lowest BCUT2D eigenvalue weighted by atomic mass is 9.73. The molecule has 2 heteroatoms. The van der Waals surface area contributed by atoms with Crippen molar-refractivity contribution in [3.63, 3.8) is 0 Å². The second-order valence-electron chi connectivity index (χ2n) is 19.9. The summed E-state index contributed by atoms with van der Waals surface area (Å²) in [7, 11) is 0. The molecule has 69 heavy (non-hydrogen) atoms. The number of hydrogen-bond acceptors (Lipinski definition) is 1. The van der Waals surface area contributed by atoms with Crippen LogP contribution in [0.4, 0.5) is 11.4 Å². The average Bonchev–Trinajstić information content (AvgIpc) is 3.89. The Hall–Kier alpha value is -7.68. The van der Waals surface area contributed by atoms with Gasteiger partial charge in [0.15, 0.2) is 0 Å². The van der Waals surface area contributed by atoms with Gasteiger partial charge in [0.25, 0.3) is 0 Å². The van der Waals surface area contributed by atoms with Crippen molar-refractivity contribution in [2.24, 2.45) is 5.92 Å². The molecule has 10 aromatic rings. The van der Waals surface area contributed by atoms with E-state index in [1.807, 2.05) is 0 Å². The fraction of sp³-hybridized carbons (Fsp3) is 0.164. The third-order valence-corrected chi connectivity index (χ3v) is 16.1. The second-order valence-corrected chi connectivity index (χ2v) is 19.9. The summed E-state index contributed by atoms with van der Waals surface area (Å²) in [5, 5.41) is 5.22. The molecule has 0 spiro atoms. The summed E-state index contributed by atoms with van der Waals surface area (Å²) >= 11 is 0. The number of benzene rings is 9. The van der Waals surface area contributed by atoms with Gasteiger partial charge in [0.05, 0.1) is 22.4 Å². The molecule has 0 saturated heterocycles. The van der Waals surface area contributed by atoms with Crippen molar-refractivity contribution >= 4 is 49.5 Å². The summed E-state index contributed by atoms with van der Waals surface area (Å²) in [6.07, 6.45) is 12.2. The molecular weight excluding hydrogens is 833 g/mol. The van der Waals surface area contributed by atoms with E-state index in [-0.39, 0.29) is 11.3 Å². The highest BCUT2D eigenvalue weighted by Crippen LogP contribution is 2.55. The molecule has 9 aromatic carbocycles. The van der Waals surface area contributed by atoms with Gasteiger partial charge in [-0.05, 0) is 130 Å². The standard InChI is InChI=1S/C67H56N2/c1-45-22-18-35-52(48-42-43-54-53-31-12-15-37-58(53)67(2,59(54)44-48)49-27-8-4-9-28-49)66(45)69(63-41-21-40-62-65(63)57-33-14-17-39-61(57)68(62)50-29-10-5-11-30-50)60-38-16-13-32-55(60)56-36-20-26-47-25-19-34-51(64(47)56)46-23-6-3-7-24-46/h4-5,8-21,25-46H,3,6-7,22-24H2,1-2H3. The number of nitrogens with zero attached hydrogens (tertiary/aromatic N) is 2. The van der Waals surface area contributed by atoms with Crippen LogP contribution in [0.2, 0.25) is 0 Å². The van der Waals surface area contributed by atoms with Crippen LogP contribution < -0.4 is 4.90 Å². The quantitative estimate of drug-likeness (QED) is 0.148. The van der Waals surface area contributed by atoms with Crippen molar-refractivity contribution in [2.45, 2.75) is 63.7 Å². The minimum absolute atomic E-state index is 0.201. The Morgan fingerprint density at radius 2 is 1.17 bits per heavy atom. The van der Waals surface area contributed by atoms with E-state index in [0.717, 1.165) is 12.1 Å². The molecular formula is C67H56N2. The van der Waals surface area contributed by atoms with Crippen LogP contribution >= 0.6 is 0 Å². The summed E-state index contributed by atoms with van der Waals surface area (Å²) in [5.74, 6) is 0.766. The maximum atomic E-state index is 2.70. The molecule has 1 fully saturated rings. The molecule has 1 heterocycles. The lowest BCUT2D eigenvalue weighted by Gasteiger charge is -2.37. The monoisotopic (exact) mass is 888 g/mol. The number of hydrogen-bond donors (Lipinski definition) is 0. The Morgan fingerprint density at radius 3 is 2.01 bits per heavy atom. The van der Waals surface area contributed by atoms with Gasteiger partial charge in [-0.3, -0.25) is 0 Å². The molecule has 334 valence electrons. The van der Waals surface area contributed by atoms with Crippen molar-refractivity contribution in [2.75, 3.05) is 4.90 Å². The van der Waals surface area contributed by atoms with Gasteiger partial charge in [-0.1, -0.05) is 202 Å². The molecule has 1 saturated carbocycles. The lowest BCUT2D eigenvalue weighted by molar-refractivity contribution is 0.445. The van der Waals surface area contributed by atoms with E-state index in [4.69, 9.17) is 0 Å². The van der Waals surface area contributed by atoms with Crippen molar-refractivity contribution < 1.29 is 0 Å². The van der Waals surface area contributed by atoms with Crippen molar-refractivity contribution in [3.8, 4) is 27.9 Å². The normalized spacial score (nSPS) is 18.0. The minimum Gasteiger partial charge on any atom is -0.312 e. The summed E-state index contributed by atoms with van der Waals surface area (Å²) in [4.78, 5) is 2.70. The molecule has 3 aliphatic rings. The summed E-state index contributed by atoms with van der Waals surface area (Å²) < 4.78 is 2.46. The highest BCUT2D eigenvalue weighted by Gasteiger charge is 2.41. The van der Waals surface area contributed by atoms with Crippen LogP contribution in [0.25, 0.3) is 66.1 Å². The zero-order chi connectivity index (χ0) is 46.1. The smallest absolute Gasteiger partial charge is 0.0562 e. The first-order valence-corrected chi connectivity index (χ1v) is 25.3. The van der Waals surface area contributed by atoms with Gasteiger partial charge < -0.3 is 9.47 Å². The second kappa shape index (κ2) is 16.8. The van der Waals surface area contributed by atoms with Gasteiger partial charge in [-0.15, -0.1) is 0 Å². The van der Waals surface area contributed by atoms with E-state index in [1.54, 1.807) is 0 Å². The number of anilines is 2. The van der Waals surface area contributed by atoms with E-state index in [1.165, 1.54) is 137 Å². The maximum Gasteiger partial charge on any atom is 0.0562 e. The van der Waals surface area contributed by atoms with Crippen LogP contribution in [0, 0.1) is 5.92 Å². The Kier molecular flexibility index (Phi) is 10.1. The molecule has 2 atom stereocenters. The topological polar surface area (TPSA) is 8.17 Å². The van der Waals surface area contributed by atoms with Crippen molar-refractivity contribution in [1.82, 2.24) is 4.57 Å². The fourth-order valence-electron chi connectivity index (χ4n) is 12.9. The molecule has 13 rings (SSSR count). The van der Waals surface area contributed by atoms with E-state index < -0.39 is 0 Å². The number of rotatable bonds is 8. The predicted molar refractivity (Wildman–Crippen MR) is 292 cm³/mol. The molecule has 3 aliphatic carbocycles. The van der Waals surface area contributed by atoms with Gasteiger partial charge in [0, 0.05) is 44.6 Å². The molecule has 2 unspecified atom stereocenters. The van der Waals surface area contributed by atoms with E-state index in [9.17, 15) is 0 Å². The van der Waals surface area contributed by atoms with Gasteiger partial charge >= 0.3 is 0 Å². The number of para-hydroxylation sites is 3. The van der Waals surface area contributed by atoms with Crippen molar-refractivity contribution in [3.05, 3.63) is 252 Å². The molecule has 0 N–H and O–H groups in total. The van der Waals surface area contributed by atoms with Crippen LogP contribution in [0.15, 0.2) is 224 Å². The highest BCUT2D eigenvalue weighted by atomic mass is 15.2. The summed E-state index contributed by atoms with van der Waals surface area (Å²) in [6.45, 7) is 4.88. The maximum absolute atomic E-state index is 2.70. The molecule has 0 amide bonds. The minimum atomic E-state index is -0.310. The molecule has 1 aromatic heterocycles. The van der Waals surface area contributed by atoms with Gasteiger partial charge in [0.1, 0.15) is 0 Å². The lowest BCUT2D eigenvalue weighted by Crippen LogP contribution is -2.25. The Balaban J connectivity index is 1.11. The van der Waals surface area contributed by atoms with Crippen LogP contribution in [0.3, 0.4) is 0 Å². The Bertz CT molecular complexity index is 3650. The number of aromatic nitrogens is 1. The Labute approximate surface area is 406 Å². The zero-order valence-electron chi connectivity index (χ0n) is 39.6.